The van der Waals surface area contributed by atoms with E-state index in [0.29, 0.717) is 30.4 Å². The highest BCUT2D eigenvalue weighted by Crippen LogP contribution is 2.32. The highest BCUT2D eigenvalue weighted by atomic mass is 127. The number of para-hydroxylation sites is 1. The normalized spacial score (nSPS) is 12.0. The van der Waals surface area contributed by atoms with Gasteiger partial charge in [0, 0.05) is 31.2 Å². The zero-order valence-electron chi connectivity index (χ0n) is 16.8. The van der Waals surface area contributed by atoms with Crippen molar-refractivity contribution < 1.29 is 18.3 Å². The SMILES string of the molecule is CCOc1cccc(CNC(=NC)NCC(C)(C)N(C)C)c1OC(F)F.I. The molecule has 0 aliphatic carbocycles. The summed E-state index contributed by atoms with van der Waals surface area (Å²) in [6, 6.07) is 5.06. The smallest absolute Gasteiger partial charge is 0.387 e. The van der Waals surface area contributed by atoms with E-state index < -0.39 is 6.61 Å². The largest absolute Gasteiger partial charge is 0.490 e. The highest BCUT2D eigenvalue weighted by molar-refractivity contribution is 14.0. The molecule has 1 aromatic carbocycles. The zero-order chi connectivity index (χ0) is 19.7. The first kappa shape index (κ1) is 25.6. The molecule has 0 fully saturated rings. The Morgan fingerprint density at radius 2 is 1.93 bits per heavy atom. The van der Waals surface area contributed by atoms with Crippen molar-refractivity contribution in [3.05, 3.63) is 23.8 Å². The van der Waals surface area contributed by atoms with E-state index in [4.69, 9.17) is 4.74 Å². The van der Waals surface area contributed by atoms with Crippen LogP contribution in [0.25, 0.3) is 0 Å². The van der Waals surface area contributed by atoms with Crippen molar-refractivity contribution in [3.8, 4) is 11.5 Å². The topological polar surface area (TPSA) is 58.1 Å². The van der Waals surface area contributed by atoms with Crippen LogP contribution in [0.1, 0.15) is 26.3 Å². The second-order valence-electron chi connectivity index (χ2n) is 6.54. The maximum atomic E-state index is 12.8. The van der Waals surface area contributed by atoms with Gasteiger partial charge in [-0.2, -0.15) is 8.78 Å². The first-order valence-corrected chi connectivity index (χ1v) is 8.52. The Hall–Kier alpha value is -1.36. The second-order valence-corrected chi connectivity index (χ2v) is 6.54. The Kier molecular flexibility index (Phi) is 11.6. The van der Waals surface area contributed by atoms with Crippen molar-refractivity contribution in [1.29, 1.82) is 0 Å². The lowest BCUT2D eigenvalue weighted by Gasteiger charge is -2.33. The van der Waals surface area contributed by atoms with Crippen LogP contribution in [-0.2, 0) is 6.54 Å². The molecule has 0 bridgehead atoms. The van der Waals surface area contributed by atoms with Crippen molar-refractivity contribution in [1.82, 2.24) is 15.5 Å². The van der Waals surface area contributed by atoms with Gasteiger partial charge >= 0.3 is 6.61 Å². The number of halogens is 3. The van der Waals surface area contributed by atoms with Gasteiger partial charge in [0.1, 0.15) is 0 Å². The summed E-state index contributed by atoms with van der Waals surface area (Å²) in [5.74, 6) is 0.912. The molecule has 0 spiro atoms. The molecule has 0 saturated heterocycles. The molecular weight excluding hydrogens is 469 g/mol. The number of hydrogen-bond donors (Lipinski definition) is 2. The molecule has 1 aromatic rings. The first-order chi connectivity index (χ1) is 12.2. The van der Waals surface area contributed by atoms with Gasteiger partial charge in [0.05, 0.1) is 6.61 Å². The molecule has 0 aromatic heterocycles. The second kappa shape index (κ2) is 12.2. The van der Waals surface area contributed by atoms with E-state index >= 15 is 0 Å². The summed E-state index contributed by atoms with van der Waals surface area (Å²) >= 11 is 0. The van der Waals surface area contributed by atoms with Crippen LogP contribution in [0.4, 0.5) is 8.78 Å². The minimum absolute atomic E-state index is 0. The van der Waals surface area contributed by atoms with E-state index in [9.17, 15) is 8.78 Å². The highest BCUT2D eigenvalue weighted by Gasteiger charge is 2.21. The van der Waals surface area contributed by atoms with Gasteiger partial charge < -0.3 is 25.0 Å². The summed E-state index contributed by atoms with van der Waals surface area (Å²) in [7, 11) is 5.67. The molecule has 0 amide bonds. The van der Waals surface area contributed by atoms with Crippen LogP contribution in [0, 0.1) is 0 Å². The predicted molar refractivity (Wildman–Crippen MR) is 116 cm³/mol. The molecule has 6 nitrogen and oxygen atoms in total. The van der Waals surface area contributed by atoms with Crippen LogP contribution >= 0.6 is 24.0 Å². The monoisotopic (exact) mass is 500 g/mol. The lowest BCUT2D eigenvalue weighted by atomic mass is 10.0. The number of aliphatic imine (C=N–C) groups is 1. The van der Waals surface area contributed by atoms with Crippen molar-refractivity contribution in [2.24, 2.45) is 4.99 Å². The van der Waals surface area contributed by atoms with Crippen molar-refractivity contribution in [2.75, 3.05) is 34.3 Å². The average molecular weight is 500 g/mol. The van der Waals surface area contributed by atoms with E-state index in [2.05, 4.69) is 39.1 Å². The summed E-state index contributed by atoms with van der Waals surface area (Å²) in [6.45, 7) is 4.37. The van der Waals surface area contributed by atoms with E-state index in [1.165, 1.54) is 0 Å². The maximum Gasteiger partial charge on any atom is 0.387 e. The third kappa shape index (κ3) is 8.46. The van der Waals surface area contributed by atoms with Gasteiger partial charge in [-0.1, -0.05) is 12.1 Å². The van der Waals surface area contributed by atoms with E-state index in [1.54, 1.807) is 32.2 Å². The number of nitrogens with one attached hydrogen (secondary N) is 2. The summed E-state index contributed by atoms with van der Waals surface area (Å²) in [5, 5.41) is 6.36. The lowest BCUT2D eigenvalue weighted by molar-refractivity contribution is -0.0520. The Bertz CT molecular complexity index is 599. The van der Waals surface area contributed by atoms with E-state index in [-0.39, 0.29) is 41.8 Å². The molecular formula is C18H31F2IN4O2. The first-order valence-electron chi connectivity index (χ1n) is 8.52. The lowest BCUT2D eigenvalue weighted by Crippen LogP contribution is -2.50. The fourth-order valence-corrected chi connectivity index (χ4v) is 2.05. The Labute approximate surface area is 177 Å². The van der Waals surface area contributed by atoms with Crippen molar-refractivity contribution in [2.45, 2.75) is 39.5 Å². The van der Waals surface area contributed by atoms with Crippen LogP contribution in [0.15, 0.2) is 23.2 Å². The Morgan fingerprint density at radius 1 is 1.26 bits per heavy atom. The zero-order valence-corrected chi connectivity index (χ0v) is 19.1. The number of alkyl halides is 2. The number of benzene rings is 1. The average Bonchev–Trinajstić information content (AvgIpc) is 2.57. The van der Waals surface area contributed by atoms with Gasteiger partial charge in [0.25, 0.3) is 0 Å². The van der Waals surface area contributed by atoms with Crippen molar-refractivity contribution in [3.63, 3.8) is 0 Å². The third-order valence-corrected chi connectivity index (χ3v) is 4.14. The predicted octanol–water partition coefficient (Wildman–Crippen LogP) is 3.31. The number of rotatable bonds is 9. The van der Waals surface area contributed by atoms with E-state index in [0.717, 1.165) is 0 Å². The Balaban J connectivity index is 0.00000676. The Morgan fingerprint density at radius 3 is 2.44 bits per heavy atom. The standard InChI is InChI=1S/C18H30F2N4O2.HI/c1-7-25-14-10-8-9-13(15(14)26-16(19)20)11-22-17(21-4)23-12-18(2,3)24(5)6;/h8-10,16H,7,11-12H2,1-6H3,(H2,21,22,23);1H. The molecule has 9 heteroatoms. The van der Waals surface area contributed by atoms with Crippen LogP contribution in [0.2, 0.25) is 0 Å². The fourth-order valence-electron chi connectivity index (χ4n) is 2.05. The van der Waals surface area contributed by atoms with Gasteiger partial charge in [-0.15, -0.1) is 24.0 Å². The molecule has 27 heavy (non-hydrogen) atoms. The van der Waals surface area contributed by atoms with Gasteiger partial charge in [-0.05, 0) is 40.9 Å². The number of guanidine groups is 1. The molecule has 0 aliphatic heterocycles. The van der Waals surface area contributed by atoms with Crippen LogP contribution in [-0.4, -0.2) is 57.3 Å². The van der Waals surface area contributed by atoms with Gasteiger partial charge in [0.15, 0.2) is 17.5 Å². The molecule has 0 heterocycles. The number of ether oxygens (including phenoxy) is 2. The minimum atomic E-state index is -2.92. The molecule has 1 rings (SSSR count). The minimum Gasteiger partial charge on any atom is -0.490 e. The summed E-state index contributed by atoms with van der Waals surface area (Å²) < 4.78 is 35.6. The van der Waals surface area contributed by atoms with Gasteiger partial charge in [-0.25, -0.2) is 0 Å². The molecule has 0 radical (unpaired) electrons. The molecule has 2 N–H and O–H groups in total. The number of nitrogens with zero attached hydrogens (tertiary/aromatic N) is 2. The number of likely N-dealkylation sites (N-methyl/N-ethyl adjacent to an activating group) is 1. The van der Waals surface area contributed by atoms with Gasteiger partial charge in [0.2, 0.25) is 0 Å². The van der Waals surface area contributed by atoms with Gasteiger partial charge in [-0.3, -0.25) is 4.99 Å². The molecule has 0 atom stereocenters. The number of hydrogen-bond acceptors (Lipinski definition) is 4. The molecule has 0 unspecified atom stereocenters. The quantitative estimate of drug-likeness (QED) is 0.310. The fraction of sp³-hybridized carbons (Fsp3) is 0.611. The summed E-state index contributed by atoms with van der Waals surface area (Å²) in [5.41, 5.74) is 0.488. The van der Waals surface area contributed by atoms with Crippen molar-refractivity contribution >= 4 is 29.9 Å². The molecule has 0 saturated carbocycles. The van der Waals surface area contributed by atoms with E-state index in [1.807, 2.05) is 14.1 Å². The molecule has 156 valence electrons. The third-order valence-electron chi connectivity index (χ3n) is 4.14. The summed E-state index contributed by atoms with van der Waals surface area (Å²) in [4.78, 5) is 6.28. The summed E-state index contributed by atoms with van der Waals surface area (Å²) in [6.07, 6.45) is 0. The van der Waals surface area contributed by atoms with Crippen LogP contribution in [0.3, 0.4) is 0 Å². The van der Waals surface area contributed by atoms with Crippen LogP contribution < -0.4 is 20.1 Å². The molecule has 0 aliphatic rings. The van der Waals surface area contributed by atoms with Crippen LogP contribution in [0.5, 0.6) is 11.5 Å². The maximum absolute atomic E-state index is 12.8.